The molecule has 0 unspecified atom stereocenters. The number of carboxylic acid groups (broad SMARTS) is 1. The molecule has 0 aliphatic rings. The number of carbonyl (C=O) groups excluding carboxylic acids is 2. The van der Waals surface area contributed by atoms with Gasteiger partial charge in [-0.25, -0.2) is 4.79 Å². The Bertz CT molecular complexity index is 569. The van der Waals surface area contributed by atoms with Crippen molar-refractivity contribution in [3.63, 3.8) is 0 Å². The third kappa shape index (κ3) is 5.11. The van der Waals surface area contributed by atoms with Crippen LogP contribution < -0.4 is 11.1 Å². The second kappa shape index (κ2) is 7.30. The van der Waals surface area contributed by atoms with Crippen molar-refractivity contribution >= 4 is 35.5 Å². The largest absolute Gasteiger partial charge is 0.478 e. The fourth-order valence-electron chi connectivity index (χ4n) is 1.37. The average molecular weight is 297 g/mol. The first-order valence-corrected chi connectivity index (χ1v) is 6.05. The van der Waals surface area contributed by atoms with Crippen molar-refractivity contribution in [3.8, 4) is 0 Å². The summed E-state index contributed by atoms with van der Waals surface area (Å²) in [6.45, 7) is 0.145. The van der Waals surface area contributed by atoms with E-state index in [1.54, 1.807) is 0 Å². The van der Waals surface area contributed by atoms with Crippen molar-refractivity contribution < 1.29 is 19.5 Å². The van der Waals surface area contributed by atoms with Gasteiger partial charge in [0.2, 0.25) is 5.91 Å². The van der Waals surface area contributed by atoms with E-state index in [2.05, 4.69) is 5.32 Å². The maximum atomic E-state index is 11.7. The molecule has 0 saturated carbocycles. The fourth-order valence-corrected chi connectivity index (χ4v) is 1.61. The Kier molecular flexibility index (Phi) is 5.74. The molecule has 0 aliphatic heterocycles. The zero-order valence-electron chi connectivity index (χ0n) is 10.4. The molecule has 4 N–H and O–H groups in total. The van der Waals surface area contributed by atoms with Crippen molar-refractivity contribution in [2.75, 3.05) is 6.54 Å². The van der Waals surface area contributed by atoms with Gasteiger partial charge in [0.25, 0.3) is 5.91 Å². The molecule has 0 bridgehead atoms. The highest BCUT2D eigenvalue weighted by molar-refractivity contribution is 6.32. The molecule has 20 heavy (non-hydrogen) atoms. The van der Waals surface area contributed by atoms with Crippen LogP contribution in [-0.4, -0.2) is 29.4 Å². The summed E-state index contributed by atoms with van der Waals surface area (Å²) in [4.78, 5) is 32.7. The molecule has 6 nitrogen and oxygen atoms in total. The molecule has 0 atom stereocenters. The molecule has 0 fully saturated rings. The van der Waals surface area contributed by atoms with Crippen LogP contribution in [0.2, 0.25) is 5.02 Å². The average Bonchev–Trinajstić information content (AvgIpc) is 2.36. The van der Waals surface area contributed by atoms with E-state index in [0.717, 1.165) is 6.08 Å². The Hall–Kier alpha value is -2.34. The van der Waals surface area contributed by atoms with Gasteiger partial charge in [0, 0.05) is 29.6 Å². The summed E-state index contributed by atoms with van der Waals surface area (Å²) in [5.74, 6) is -1.98. The second-order valence-corrected chi connectivity index (χ2v) is 4.29. The number of carbonyl (C=O) groups is 3. The van der Waals surface area contributed by atoms with Crippen molar-refractivity contribution in [2.45, 2.75) is 6.42 Å². The highest BCUT2D eigenvalue weighted by atomic mass is 35.5. The molecular weight excluding hydrogens is 284 g/mol. The van der Waals surface area contributed by atoms with Crippen molar-refractivity contribution in [2.24, 2.45) is 5.73 Å². The minimum atomic E-state index is -1.09. The Morgan fingerprint density at radius 2 is 2.05 bits per heavy atom. The SMILES string of the molecule is NC(=O)CCNC(=O)c1ccc(/C=C/C(=O)O)c(Cl)c1. The quantitative estimate of drug-likeness (QED) is 0.681. The smallest absolute Gasteiger partial charge is 0.328 e. The third-order valence-corrected chi connectivity index (χ3v) is 2.65. The van der Waals surface area contributed by atoms with E-state index in [0.29, 0.717) is 11.1 Å². The molecule has 0 spiro atoms. The summed E-state index contributed by atoms with van der Waals surface area (Å²) in [5, 5.41) is 11.3. The number of halogens is 1. The number of primary amides is 1. The first-order valence-electron chi connectivity index (χ1n) is 5.67. The molecule has 7 heteroatoms. The van der Waals surface area contributed by atoms with Gasteiger partial charge in [0.05, 0.1) is 0 Å². The van der Waals surface area contributed by atoms with E-state index in [9.17, 15) is 14.4 Å². The zero-order chi connectivity index (χ0) is 15.1. The molecule has 106 valence electrons. The first-order chi connectivity index (χ1) is 9.40. The van der Waals surface area contributed by atoms with Gasteiger partial charge in [0.1, 0.15) is 0 Å². The van der Waals surface area contributed by atoms with Crippen LogP contribution in [0.5, 0.6) is 0 Å². The van der Waals surface area contributed by atoms with E-state index >= 15 is 0 Å². The molecule has 0 heterocycles. The van der Waals surface area contributed by atoms with Gasteiger partial charge in [-0.2, -0.15) is 0 Å². The van der Waals surface area contributed by atoms with Gasteiger partial charge in [-0.3, -0.25) is 9.59 Å². The number of benzene rings is 1. The van der Waals surface area contributed by atoms with Crippen LogP contribution in [0.3, 0.4) is 0 Å². The number of rotatable bonds is 6. The van der Waals surface area contributed by atoms with E-state index in [1.165, 1.54) is 24.3 Å². The number of nitrogens with two attached hydrogens (primary N) is 1. The molecule has 1 rings (SSSR count). The van der Waals surface area contributed by atoms with Crippen LogP contribution in [0, 0.1) is 0 Å². The third-order valence-electron chi connectivity index (χ3n) is 2.33. The summed E-state index contributed by atoms with van der Waals surface area (Å²) in [7, 11) is 0. The topological polar surface area (TPSA) is 109 Å². The first kappa shape index (κ1) is 15.7. The van der Waals surface area contributed by atoms with Gasteiger partial charge >= 0.3 is 5.97 Å². The summed E-state index contributed by atoms with van der Waals surface area (Å²) < 4.78 is 0. The zero-order valence-corrected chi connectivity index (χ0v) is 11.2. The summed E-state index contributed by atoms with van der Waals surface area (Å²) in [6.07, 6.45) is 2.34. The molecule has 0 aromatic heterocycles. The standard InChI is InChI=1S/C13H13ClN2O4/c14-10-7-9(13(20)16-6-5-11(15)17)2-1-8(10)3-4-12(18)19/h1-4,7H,5-6H2,(H2,15,17)(H,16,20)(H,18,19)/b4-3+. The number of carboxylic acids is 1. The van der Waals surface area contributed by atoms with Gasteiger partial charge in [-0.1, -0.05) is 17.7 Å². The predicted octanol–water partition coefficient (Wildman–Crippen LogP) is 1.04. The molecule has 1 aromatic rings. The van der Waals surface area contributed by atoms with Gasteiger partial charge in [0.15, 0.2) is 0 Å². The Balaban J connectivity index is 2.73. The lowest BCUT2D eigenvalue weighted by Gasteiger charge is -2.05. The number of hydrogen-bond acceptors (Lipinski definition) is 3. The monoisotopic (exact) mass is 296 g/mol. The molecule has 0 saturated heterocycles. The fraction of sp³-hybridized carbons (Fsp3) is 0.154. The lowest BCUT2D eigenvalue weighted by Crippen LogP contribution is -2.27. The number of hydrogen-bond donors (Lipinski definition) is 3. The number of aliphatic carboxylic acids is 1. The Labute approximate surface area is 120 Å². The maximum Gasteiger partial charge on any atom is 0.328 e. The van der Waals surface area contributed by atoms with E-state index in [-0.39, 0.29) is 23.9 Å². The van der Waals surface area contributed by atoms with Gasteiger partial charge < -0.3 is 16.2 Å². The predicted molar refractivity (Wildman–Crippen MR) is 74.3 cm³/mol. The molecule has 0 aliphatic carbocycles. The van der Waals surface area contributed by atoms with E-state index in [1.807, 2.05) is 0 Å². The van der Waals surface area contributed by atoms with E-state index in [4.69, 9.17) is 22.4 Å². The Morgan fingerprint density at radius 3 is 2.60 bits per heavy atom. The van der Waals surface area contributed by atoms with Crippen LogP contribution in [0.25, 0.3) is 6.08 Å². The molecule has 0 radical (unpaired) electrons. The van der Waals surface area contributed by atoms with Crippen molar-refractivity contribution in [1.29, 1.82) is 0 Å². The number of nitrogens with one attached hydrogen (secondary N) is 1. The summed E-state index contributed by atoms with van der Waals surface area (Å²) in [6, 6.07) is 4.46. The maximum absolute atomic E-state index is 11.7. The van der Waals surface area contributed by atoms with Crippen molar-refractivity contribution in [3.05, 3.63) is 40.4 Å². The molecule has 2 amide bonds. The summed E-state index contributed by atoms with van der Waals surface area (Å²) in [5.41, 5.74) is 5.75. The van der Waals surface area contributed by atoms with Gasteiger partial charge in [-0.15, -0.1) is 0 Å². The lowest BCUT2D eigenvalue weighted by molar-refractivity contribution is -0.131. The van der Waals surface area contributed by atoms with Crippen LogP contribution in [0.15, 0.2) is 24.3 Å². The minimum absolute atomic E-state index is 0.0545. The van der Waals surface area contributed by atoms with Crippen LogP contribution in [0.1, 0.15) is 22.3 Å². The highest BCUT2D eigenvalue weighted by Crippen LogP contribution is 2.19. The molecular formula is C13H13ClN2O4. The van der Waals surface area contributed by atoms with Crippen LogP contribution in [0.4, 0.5) is 0 Å². The summed E-state index contributed by atoms with van der Waals surface area (Å²) >= 11 is 5.94. The minimum Gasteiger partial charge on any atom is -0.478 e. The molecule has 1 aromatic carbocycles. The van der Waals surface area contributed by atoms with Gasteiger partial charge in [-0.05, 0) is 23.8 Å². The van der Waals surface area contributed by atoms with Crippen LogP contribution >= 0.6 is 11.6 Å². The highest BCUT2D eigenvalue weighted by Gasteiger charge is 2.08. The van der Waals surface area contributed by atoms with Crippen molar-refractivity contribution in [1.82, 2.24) is 5.32 Å². The Morgan fingerprint density at radius 1 is 1.35 bits per heavy atom. The number of amides is 2. The normalized spacial score (nSPS) is 10.4. The van der Waals surface area contributed by atoms with E-state index < -0.39 is 11.9 Å². The second-order valence-electron chi connectivity index (χ2n) is 3.88. The van der Waals surface area contributed by atoms with Crippen LogP contribution in [-0.2, 0) is 9.59 Å². The lowest BCUT2D eigenvalue weighted by atomic mass is 10.1.